The van der Waals surface area contributed by atoms with Gasteiger partial charge in [-0.15, -0.1) is 0 Å². The van der Waals surface area contributed by atoms with E-state index in [2.05, 4.69) is 15.3 Å². The molecule has 0 atom stereocenters. The first-order valence-corrected chi connectivity index (χ1v) is 5.06. The fourth-order valence-electron chi connectivity index (χ4n) is 1.72. The molecular formula is C10H13N3O2. The van der Waals surface area contributed by atoms with Gasteiger partial charge in [0.2, 0.25) is 5.95 Å². The van der Waals surface area contributed by atoms with Crippen molar-refractivity contribution >= 4 is 11.9 Å². The molecule has 0 saturated carbocycles. The molecule has 0 bridgehead atoms. The molecule has 5 nitrogen and oxygen atoms in total. The van der Waals surface area contributed by atoms with Crippen molar-refractivity contribution in [3.05, 3.63) is 17.5 Å². The first-order valence-electron chi connectivity index (χ1n) is 5.06. The van der Waals surface area contributed by atoms with Crippen LogP contribution in [0, 0.1) is 0 Å². The first-order chi connectivity index (χ1) is 7.25. The van der Waals surface area contributed by atoms with E-state index >= 15 is 0 Å². The maximum absolute atomic E-state index is 10.3. The average molecular weight is 207 g/mol. The number of carboxylic acids is 1. The Morgan fingerprint density at radius 2 is 2.27 bits per heavy atom. The number of anilines is 1. The van der Waals surface area contributed by atoms with Gasteiger partial charge in [-0.1, -0.05) is 0 Å². The Labute approximate surface area is 87.6 Å². The second-order valence-electron chi connectivity index (χ2n) is 3.62. The van der Waals surface area contributed by atoms with Gasteiger partial charge in [0.15, 0.2) is 0 Å². The summed E-state index contributed by atoms with van der Waals surface area (Å²) in [5.74, 6) is -0.491. The third kappa shape index (κ3) is 2.43. The molecule has 0 fully saturated rings. The van der Waals surface area contributed by atoms with E-state index < -0.39 is 5.97 Å². The van der Waals surface area contributed by atoms with Crippen molar-refractivity contribution in [1.82, 2.24) is 9.97 Å². The lowest BCUT2D eigenvalue weighted by atomic mass is 9.98. The Balaban J connectivity index is 2.10. The van der Waals surface area contributed by atoms with E-state index in [0.717, 1.165) is 25.0 Å². The van der Waals surface area contributed by atoms with Crippen molar-refractivity contribution in [2.24, 2.45) is 0 Å². The van der Waals surface area contributed by atoms with Gasteiger partial charge < -0.3 is 10.4 Å². The van der Waals surface area contributed by atoms with Crippen molar-refractivity contribution in [2.75, 3.05) is 11.9 Å². The number of carboxylic acid groups (broad SMARTS) is 1. The number of carbonyl (C=O) groups is 1. The van der Waals surface area contributed by atoms with Crippen LogP contribution in [0.3, 0.4) is 0 Å². The number of nitrogens with zero attached hydrogens (tertiary/aromatic N) is 2. The lowest BCUT2D eigenvalue weighted by Gasteiger charge is -2.14. The highest BCUT2D eigenvalue weighted by molar-refractivity contribution is 5.71. The van der Waals surface area contributed by atoms with E-state index in [0.29, 0.717) is 5.95 Å². The Kier molecular flexibility index (Phi) is 2.80. The van der Waals surface area contributed by atoms with Gasteiger partial charge in [0, 0.05) is 11.9 Å². The third-order valence-corrected chi connectivity index (χ3v) is 2.46. The van der Waals surface area contributed by atoms with Gasteiger partial charge in [-0.2, -0.15) is 0 Å². The van der Waals surface area contributed by atoms with E-state index in [9.17, 15) is 4.79 Å². The van der Waals surface area contributed by atoms with Gasteiger partial charge in [0.1, 0.15) is 6.54 Å². The molecule has 1 heterocycles. The highest BCUT2D eigenvalue weighted by Gasteiger charge is 2.11. The van der Waals surface area contributed by atoms with E-state index in [-0.39, 0.29) is 6.54 Å². The molecule has 1 aliphatic rings. The maximum Gasteiger partial charge on any atom is 0.322 e. The van der Waals surface area contributed by atoms with Crippen LogP contribution in [0.15, 0.2) is 6.20 Å². The normalized spacial score (nSPS) is 14.4. The smallest absolute Gasteiger partial charge is 0.322 e. The summed E-state index contributed by atoms with van der Waals surface area (Å²) in [5.41, 5.74) is 2.26. The van der Waals surface area contributed by atoms with Crippen LogP contribution in [0.5, 0.6) is 0 Å². The highest BCUT2D eigenvalue weighted by Crippen LogP contribution is 2.19. The second-order valence-corrected chi connectivity index (χ2v) is 3.62. The topological polar surface area (TPSA) is 75.1 Å². The number of aliphatic carboxylic acids is 1. The minimum Gasteiger partial charge on any atom is -0.480 e. The van der Waals surface area contributed by atoms with Crippen LogP contribution < -0.4 is 5.32 Å². The second kappa shape index (κ2) is 4.25. The minimum atomic E-state index is -0.906. The van der Waals surface area contributed by atoms with Gasteiger partial charge in [-0.05, 0) is 31.2 Å². The van der Waals surface area contributed by atoms with Gasteiger partial charge in [-0.3, -0.25) is 4.79 Å². The number of hydrogen-bond donors (Lipinski definition) is 2. The zero-order chi connectivity index (χ0) is 10.7. The monoisotopic (exact) mass is 207 g/mol. The van der Waals surface area contributed by atoms with E-state index in [1.54, 1.807) is 6.20 Å². The summed E-state index contributed by atoms with van der Waals surface area (Å²) in [6.45, 7) is -0.140. The summed E-state index contributed by atoms with van der Waals surface area (Å²) >= 11 is 0. The van der Waals surface area contributed by atoms with Gasteiger partial charge in [0.05, 0.1) is 0 Å². The van der Waals surface area contributed by atoms with Gasteiger partial charge >= 0.3 is 5.97 Å². The molecule has 0 radical (unpaired) electrons. The number of rotatable bonds is 3. The molecular weight excluding hydrogens is 194 g/mol. The lowest BCUT2D eigenvalue weighted by molar-refractivity contribution is -0.134. The summed E-state index contributed by atoms with van der Waals surface area (Å²) < 4.78 is 0. The number of fused-ring (bicyclic) bond motifs is 1. The van der Waals surface area contributed by atoms with Gasteiger partial charge in [0.25, 0.3) is 0 Å². The Hall–Kier alpha value is -1.65. The Bertz CT molecular complexity index is 379. The zero-order valence-electron chi connectivity index (χ0n) is 8.36. The standard InChI is InChI=1S/C10H13N3O2/c14-9(15)6-12-10-11-5-7-3-1-2-4-8(7)13-10/h5H,1-4,6H2,(H,14,15)(H,11,12,13). The summed E-state index contributed by atoms with van der Waals surface area (Å²) in [4.78, 5) is 18.7. The molecule has 1 aromatic rings. The molecule has 1 aliphatic carbocycles. The SMILES string of the molecule is O=C(O)CNc1ncc2c(n1)CCCC2. The molecule has 15 heavy (non-hydrogen) atoms. The molecule has 0 unspecified atom stereocenters. The van der Waals surface area contributed by atoms with Crippen LogP contribution >= 0.6 is 0 Å². The van der Waals surface area contributed by atoms with Crippen LogP contribution in [-0.2, 0) is 17.6 Å². The molecule has 5 heteroatoms. The van der Waals surface area contributed by atoms with Crippen molar-refractivity contribution in [3.63, 3.8) is 0 Å². The van der Waals surface area contributed by atoms with Crippen molar-refractivity contribution in [3.8, 4) is 0 Å². The fourth-order valence-corrected chi connectivity index (χ4v) is 1.72. The highest BCUT2D eigenvalue weighted by atomic mass is 16.4. The van der Waals surface area contributed by atoms with Crippen LogP contribution in [0.4, 0.5) is 5.95 Å². The third-order valence-electron chi connectivity index (χ3n) is 2.46. The largest absolute Gasteiger partial charge is 0.480 e. The van der Waals surface area contributed by atoms with Crippen LogP contribution in [0.2, 0.25) is 0 Å². The number of aromatic nitrogens is 2. The summed E-state index contributed by atoms with van der Waals surface area (Å²) in [7, 11) is 0. The predicted molar refractivity (Wildman–Crippen MR) is 54.8 cm³/mol. The van der Waals surface area contributed by atoms with Gasteiger partial charge in [-0.25, -0.2) is 9.97 Å². The van der Waals surface area contributed by atoms with E-state index in [1.807, 2.05) is 0 Å². The van der Waals surface area contributed by atoms with Crippen LogP contribution in [-0.4, -0.2) is 27.6 Å². The van der Waals surface area contributed by atoms with Crippen LogP contribution in [0.1, 0.15) is 24.1 Å². The lowest BCUT2D eigenvalue weighted by Crippen LogP contribution is -2.16. The summed E-state index contributed by atoms with van der Waals surface area (Å²) in [5, 5.41) is 11.2. The van der Waals surface area contributed by atoms with E-state index in [4.69, 9.17) is 5.11 Å². The molecule has 2 rings (SSSR count). The minimum absolute atomic E-state index is 0.140. The molecule has 0 spiro atoms. The number of nitrogens with one attached hydrogen (secondary N) is 1. The van der Waals surface area contributed by atoms with Crippen molar-refractivity contribution in [1.29, 1.82) is 0 Å². The average Bonchev–Trinajstić information content (AvgIpc) is 2.26. The molecule has 0 aliphatic heterocycles. The van der Waals surface area contributed by atoms with Crippen molar-refractivity contribution < 1.29 is 9.90 Å². The maximum atomic E-state index is 10.3. The first kappa shape index (κ1) is 9.89. The summed E-state index contributed by atoms with van der Waals surface area (Å²) in [6, 6.07) is 0. The Morgan fingerprint density at radius 3 is 3.07 bits per heavy atom. The molecule has 80 valence electrons. The molecule has 0 saturated heterocycles. The quantitative estimate of drug-likeness (QED) is 0.768. The summed E-state index contributed by atoms with van der Waals surface area (Å²) in [6.07, 6.45) is 6.15. The number of aryl methyl sites for hydroxylation is 2. The number of hydrogen-bond acceptors (Lipinski definition) is 4. The van der Waals surface area contributed by atoms with Crippen molar-refractivity contribution in [2.45, 2.75) is 25.7 Å². The Morgan fingerprint density at radius 1 is 1.47 bits per heavy atom. The predicted octanol–water partition coefficient (Wildman–Crippen LogP) is 0.852. The molecule has 0 aromatic carbocycles. The van der Waals surface area contributed by atoms with E-state index in [1.165, 1.54) is 12.0 Å². The molecule has 1 aromatic heterocycles. The fraction of sp³-hybridized carbons (Fsp3) is 0.500. The molecule has 0 amide bonds. The zero-order valence-corrected chi connectivity index (χ0v) is 8.36. The molecule has 2 N–H and O–H groups in total. The van der Waals surface area contributed by atoms with Crippen LogP contribution in [0.25, 0.3) is 0 Å².